The number of anilines is 1. The number of benzene rings is 1. The zero-order chi connectivity index (χ0) is 14.9. The second kappa shape index (κ2) is 5.11. The van der Waals surface area contributed by atoms with Gasteiger partial charge in [-0.2, -0.15) is 13.2 Å². The first kappa shape index (κ1) is 14.3. The van der Waals surface area contributed by atoms with Gasteiger partial charge in [-0.25, -0.2) is 9.37 Å². The molecule has 6 heteroatoms. The van der Waals surface area contributed by atoms with Gasteiger partial charge in [0, 0.05) is 12.6 Å². The molecule has 0 aliphatic heterocycles. The maximum atomic E-state index is 13.3. The van der Waals surface area contributed by atoms with Crippen LogP contribution in [0.3, 0.4) is 0 Å². The Morgan fingerprint density at radius 2 is 1.80 bits per heavy atom. The molecule has 0 saturated heterocycles. The van der Waals surface area contributed by atoms with Crippen molar-refractivity contribution in [1.29, 1.82) is 0 Å². The van der Waals surface area contributed by atoms with Crippen LogP contribution >= 0.6 is 0 Å². The summed E-state index contributed by atoms with van der Waals surface area (Å²) in [4.78, 5) is 4.06. The number of aromatic nitrogens is 1. The van der Waals surface area contributed by atoms with Crippen LogP contribution in [-0.2, 0) is 6.18 Å². The van der Waals surface area contributed by atoms with E-state index in [1.54, 1.807) is 6.92 Å². The standard InChI is InChI=1S/C14H12F4N2/c1-8-3-4-10(15)7-11(8)12-5-9(14(16,17)18)6-13(19-2)20-12/h3-7H,1-2H3,(H,19,20). The van der Waals surface area contributed by atoms with E-state index in [0.29, 0.717) is 11.1 Å². The fourth-order valence-electron chi connectivity index (χ4n) is 1.83. The Labute approximate surface area is 113 Å². The maximum absolute atomic E-state index is 13.3. The lowest BCUT2D eigenvalue weighted by molar-refractivity contribution is -0.137. The number of nitrogens with one attached hydrogen (secondary N) is 1. The van der Waals surface area contributed by atoms with Crippen LogP contribution in [0.5, 0.6) is 0 Å². The molecule has 0 radical (unpaired) electrons. The van der Waals surface area contributed by atoms with E-state index in [2.05, 4.69) is 10.3 Å². The third kappa shape index (κ3) is 2.89. The first-order valence-electron chi connectivity index (χ1n) is 5.85. The number of pyridine rings is 1. The van der Waals surface area contributed by atoms with Crippen molar-refractivity contribution in [1.82, 2.24) is 4.98 Å². The monoisotopic (exact) mass is 284 g/mol. The lowest BCUT2D eigenvalue weighted by Gasteiger charge is -2.12. The van der Waals surface area contributed by atoms with Crippen molar-refractivity contribution in [2.75, 3.05) is 12.4 Å². The highest BCUT2D eigenvalue weighted by Crippen LogP contribution is 2.34. The van der Waals surface area contributed by atoms with Crippen molar-refractivity contribution < 1.29 is 17.6 Å². The molecule has 0 spiro atoms. The summed E-state index contributed by atoms with van der Waals surface area (Å²) in [5.41, 5.74) is 0.254. The van der Waals surface area contributed by atoms with Gasteiger partial charge in [0.15, 0.2) is 0 Å². The Kier molecular flexibility index (Phi) is 3.65. The van der Waals surface area contributed by atoms with Crippen molar-refractivity contribution >= 4 is 5.82 Å². The first-order chi connectivity index (χ1) is 9.31. The summed E-state index contributed by atoms with van der Waals surface area (Å²) in [6.45, 7) is 1.69. The lowest BCUT2D eigenvalue weighted by Crippen LogP contribution is -2.07. The SMILES string of the molecule is CNc1cc(C(F)(F)F)cc(-c2cc(F)ccc2C)n1. The van der Waals surface area contributed by atoms with E-state index in [1.165, 1.54) is 25.2 Å². The molecule has 0 atom stereocenters. The molecule has 0 fully saturated rings. The second-order valence-corrected chi connectivity index (χ2v) is 4.33. The van der Waals surface area contributed by atoms with Crippen LogP contribution in [0, 0.1) is 12.7 Å². The Morgan fingerprint density at radius 3 is 2.40 bits per heavy atom. The highest BCUT2D eigenvalue weighted by atomic mass is 19.4. The number of rotatable bonds is 2. The molecular formula is C14H12F4N2. The molecule has 0 amide bonds. The fourth-order valence-corrected chi connectivity index (χ4v) is 1.83. The Morgan fingerprint density at radius 1 is 1.10 bits per heavy atom. The van der Waals surface area contributed by atoms with Gasteiger partial charge >= 0.3 is 6.18 Å². The highest BCUT2D eigenvalue weighted by Gasteiger charge is 2.31. The van der Waals surface area contributed by atoms with Crippen LogP contribution in [0.15, 0.2) is 30.3 Å². The van der Waals surface area contributed by atoms with Gasteiger partial charge in [0.1, 0.15) is 11.6 Å². The van der Waals surface area contributed by atoms with Gasteiger partial charge in [-0.15, -0.1) is 0 Å². The van der Waals surface area contributed by atoms with Crippen LogP contribution in [0.4, 0.5) is 23.4 Å². The van der Waals surface area contributed by atoms with Gasteiger partial charge in [-0.3, -0.25) is 0 Å². The Balaban J connectivity index is 2.64. The Bertz CT molecular complexity index is 636. The van der Waals surface area contributed by atoms with Crippen molar-refractivity contribution in [3.8, 4) is 11.3 Å². The van der Waals surface area contributed by atoms with Crippen LogP contribution in [0.2, 0.25) is 0 Å². The molecule has 0 aliphatic rings. The predicted molar refractivity (Wildman–Crippen MR) is 68.9 cm³/mol. The fraction of sp³-hybridized carbons (Fsp3) is 0.214. The van der Waals surface area contributed by atoms with Crippen molar-refractivity contribution in [3.63, 3.8) is 0 Å². The summed E-state index contributed by atoms with van der Waals surface area (Å²) in [6, 6.07) is 5.77. The van der Waals surface area contributed by atoms with Gasteiger partial charge in [0.2, 0.25) is 0 Å². The molecule has 20 heavy (non-hydrogen) atoms. The number of hydrogen-bond acceptors (Lipinski definition) is 2. The third-order valence-corrected chi connectivity index (χ3v) is 2.88. The third-order valence-electron chi connectivity index (χ3n) is 2.88. The number of hydrogen-bond donors (Lipinski definition) is 1. The second-order valence-electron chi connectivity index (χ2n) is 4.33. The van der Waals surface area contributed by atoms with Crippen LogP contribution < -0.4 is 5.32 Å². The van der Waals surface area contributed by atoms with E-state index in [0.717, 1.165) is 12.1 Å². The molecule has 1 aromatic carbocycles. The average Bonchev–Trinajstić information content (AvgIpc) is 2.40. The topological polar surface area (TPSA) is 24.9 Å². The molecular weight excluding hydrogens is 272 g/mol. The van der Waals surface area contributed by atoms with Crippen molar-refractivity contribution in [3.05, 3.63) is 47.3 Å². The number of halogens is 4. The molecule has 2 rings (SSSR count). The van der Waals surface area contributed by atoms with E-state index >= 15 is 0 Å². The smallest absolute Gasteiger partial charge is 0.373 e. The normalized spacial score (nSPS) is 11.5. The van der Waals surface area contributed by atoms with E-state index in [-0.39, 0.29) is 11.5 Å². The molecule has 1 heterocycles. The average molecular weight is 284 g/mol. The van der Waals surface area contributed by atoms with Crippen LogP contribution in [0.25, 0.3) is 11.3 Å². The predicted octanol–water partition coefficient (Wildman–Crippen LogP) is 4.26. The van der Waals surface area contributed by atoms with E-state index in [1.807, 2.05) is 0 Å². The molecule has 0 bridgehead atoms. The number of alkyl halides is 3. The van der Waals surface area contributed by atoms with Gasteiger partial charge in [0.05, 0.1) is 11.3 Å². The minimum Gasteiger partial charge on any atom is -0.373 e. The Hall–Kier alpha value is -2.11. The molecule has 0 unspecified atom stereocenters. The number of nitrogens with zero attached hydrogens (tertiary/aromatic N) is 1. The summed E-state index contributed by atoms with van der Waals surface area (Å²) in [6.07, 6.45) is -4.48. The minimum absolute atomic E-state index is 0.0819. The first-order valence-corrected chi connectivity index (χ1v) is 5.85. The zero-order valence-electron chi connectivity index (χ0n) is 10.8. The largest absolute Gasteiger partial charge is 0.416 e. The zero-order valence-corrected chi connectivity index (χ0v) is 10.8. The molecule has 1 aromatic heterocycles. The van der Waals surface area contributed by atoms with Crippen LogP contribution in [-0.4, -0.2) is 12.0 Å². The molecule has 0 aliphatic carbocycles. The highest BCUT2D eigenvalue weighted by molar-refractivity contribution is 5.66. The molecule has 0 saturated carbocycles. The van der Waals surface area contributed by atoms with E-state index in [9.17, 15) is 17.6 Å². The summed E-state index contributed by atoms with van der Waals surface area (Å²) in [5.74, 6) is -0.436. The molecule has 2 nitrogen and oxygen atoms in total. The molecule has 1 N–H and O–H groups in total. The van der Waals surface area contributed by atoms with Crippen molar-refractivity contribution in [2.24, 2.45) is 0 Å². The summed E-state index contributed by atoms with van der Waals surface area (Å²) >= 11 is 0. The quantitative estimate of drug-likeness (QED) is 0.834. The number of aryl methyl sites for hydroxylation is 1. The summed E-state index contributed by atoms with van der Waals surface area (Å²) in [7, 11) is 1.48. The van der Waals surface area contributed by atoms with Crippen LogP contribution in [0.1, 0.15) is 11.1 Å². The minimum atomic E-state index is -4.48. The summed E-state index contributed by atoms with van der Waals surface area (Å²) in [5, 5.41) is 2.58. The summed E-state index contributed by atoms with van der Waals surface area (Å²) < 4.78 is 51.8. The van der Waals surface area contributed by atoms with E-state index < -0.39 is 17.6 Å². The van der Waals surface area contributed by atoms with Gasteiger partial charge in [-0.1, -0.05) is 6.07 Å². The van der Waals surface area contributed by atoms with Crippen molar-refractivity contribution in [2.45, 2.75) is 13.1 Å². The van der Waals surface area contributed by atoms with Gasteiger partial charge in [0.25, 0.3) is 0 Å². The van der Waals surface area contributed by atoms with Gasteiger partial charge < -0.3 is 5.32 Å². The molecule has 106 valence electrons. The molecule has 2 aromatic rings. The maximum Gasteiger partial charge on any atom is 0.416 e. The van der Waals surface area contributed by atoms with Gasteiger partial charge in [-0.05, 0) is 36.8 Å². The van der Waals surface area contributed by atoms with E-state index in [4.69, 9.17) is 0 Å². The lowest BCUT2D eigenvalue weighted by atomic mass is 10.0.